The standard InChI is InChI=1S/C22H19N2OPS/c1-2-24-20-16-10-9-15-19(20)23-21(24)22(25)26(27,17-11-5-3-6-12-17)18-13-7-4-8-14-18/h2-16,22,25H,1H2. The lowest BCUT2D eigenvalue weighted by atomic mass is 10.3. The highest BCUT2D eigenvalue weighted by Gasteiger charge is 2.35. The molecule has 1 unspecified atom stereocenters. The third kappa shape index (κ3) is 2.96. The van der Waals surface area contributed by atoms with Gasteiger partial charge in [-0.1, -0.05) is 91.2 Å². The molecule has 134 valence electrons. The zero-order valence-electron chi connectivity index (χ0n) is 14.6. The van der Waals surface area contributed by atoms with Gasteiger partial charge in [-0.15, -0.1) is 0 Å². The van der Waals surface area contributed by atoms with Gasteiger partial charge in [-0.25, -0.2) is 4.98 Å². The molecule has 4 rings (SSSR count). The van der Waals surface area contributed by atoms with Gasteiger partial charge in [0.2, 0.25) is 0 Å². The van der Waals surface area contributed by atoms with Crippen LogP contribution in [0.25, 0.3) is 17.2 Å². The Bertz CT molecular complexity index is 1100. The second-order valence-electron chi connectivity index (χ2n) is 6.21. The Morgan fingerprint density at radius 1 is 0.889 bits per heavy atom. The molecule has 0 saturated heterocycles. The maximum atomic E-state index is 11.6. The van der Waals surface area contributed by atoms with Crippen molar-refractivity contribution in [1.29, 1.82) is 0 Å². The van der Waals surface area contributed by atoms with E-state index in [1.807, 2.05) is 89.5 Å². The monoisotopic (exact) mass is 390 g/mol. The SMILES string of the molecule is C=Cn1c(C(O)P(=S)(c2ccccc2)c2ccccc2)nc2ccccc21. The molecule has 3 aromatic carbocycles. The molecular weight excluding hydrogens is 371 g/mol. The van der Waals surface area contributed by atoms with Crippen molar-refractivity contribution in [3.8, 4) is 0 Å². The van der Waals surface area contributed by atoms with Crippen molar-refractivity contribution in [1.82, 2.24) is 9.55 Å². The first-order chi connectivity index (χ1) is 13.2. The van der Waals surface area contributed by atoms with E-state index in [1.165, 1.54) is 0 Å². The third-order valence-corrected chi connectivity index (χ3v) is 9.57. The zero-order valence-corrected chi connectivity index (χ0v) is 16.4. The van der Waals surface area contributed by atoms with Crippen molar-refractivity contribution >= 4 is 45.7 Å². The number of rotatable bonds is 5. The average molecular weight is 390 g/mol. The molecule has 0 fully saturated rings. The van der Waals surface area contributed by atoms with E-state index in [4.69, 9.17) is 16.8 Å². The van der Waals surface area contributed by atoms with Crippen LogP contribution in [0.15, 0.2) is 91.5 Å². The summed E-state index contributed by atoms with van der Waals surface area (Å²) < 4.78 is 1.84. The van der Waals surface area contributed by atoms with E-state index in [9.17, 15) is 5.11 Å². The summed E-state index contributed by atoms with van der Waals surface area (Å²) in [6, 6.07) is 25.0. The molecule has 3 nitrogen and oxygen atoms in total. The Morgan fingerprint density at radius 3 is 1.96 bits per heavy atom. The van der Waals surface area contributed by atoms with Crippen LogP contribution >= 0.6 is 6.04 Å². The first-order valence-corrected chi connectivity index (χ1v) is 11.5. The van der Waals surface area contributed by atoms with Crippen LogP contribution in [0.2, 0.25) is 0 Å². The number of hydrogen-bond donors (Lipinski definition) is 1. The maximum absolute atomic E-state index is 11.6. The van der Waals surface area contributed by atoms with E-state index in [2.05, 4.69) is 6.58 Å². The van der Waals surface area contributed by atoms with Gasteiger partial charge in [0.25, 0.3) is 0 Å². The molecule has 0 aliphatic rings. The second-order valence-corrected chi connectivity index (χ2v) is 10.8. The number of hydrogen-bond acceptors (Lipinski definition) is 3. The van der Waals surface area contributed by atoms with Crippen LogP contribution in [-0.2, 0) is 11.8 Å². The summed E-state index contributed by atoms with van der Waals surface area (Å²) >= 11 is 6.23. The highest BCUT2D eigenvalue weighted by atomic mass is 32.4. The number of fused-ring (bicyclic) bond motifs is 1. The zero-order chi connectivity index (χ0) is 18.9. The largest absolute Gasteiger partial charge is 0.379 e. The summed E-state index contributed by atoms with van der Waals surface area (Å²) in [5.41, 5.74) is 1.72. The summed E-state index contributed by atoms with van der Waals surface area (Å²) in [5, 5.41) is 13.5. The van der Waals surface area contributed by atoms with Crippen molar-refractivity contribution in [2.24, 2.45) is 0 Å². The number of aliphatic hydroxyl groups is 1. The number of aliphatic hydroxyl groups excluding tert-OH is 1. The summed E-state index contributed by atoms with van der Waals surface area (Å²) in [6.07, 6.45) is 1.68. The van der Waals surface area contributed by atoms with Gasteiger partial charge in [-0.05, 0) is 22.7 Å². The fourth-order valence-electron chi connectivity index (χ4n) is 3.33. The van der Waals surface area contributed by atoms with Crippen LogP contribution in [0.4, 0.5) is 0 Å². The molecule has 1 heterocycles. The Kier molecular flexibility index (Phi) is 4.79. The molecule has 0 amide bonds. The lowest BCUT2D eigenvalue weighted by molar-refractivity contribution is 0.254. The van der Waals surface area contributed by atoms with Gasteiger partial charge in [0, 0.05) is 12.2 Å². The number of aromatic nitrogens is 2. The lowest BCUT2D eigenvalue weighted by Gasteiger charge is -2.28. The third-order valence-electron chi connectivity index (χ3n) is 4.66. The number of imidazole rings is 1. The van der Waals surface area contributed by atoms with Crippen molar-refractivity contribution < 1.29 is 5.11 Å². The number of benzene rings is 3. The Balaban J connectivity index is 1.97. The lowest BCUT2D eigenvalue weighted by Crippen LogP contribution is -2.22. The summed E-state index contributed by atoms with van der Waals surface area (Å²) in [7, 11) is 0. The van der Waals surface area contributed by atoms with E-state index in [0.717, 1.165) is 21.6 Å². The first kappa shape index (κ1) is 17.9. The van der Waals surface area contributed by atoms with Crippen molar-refractivity contribution in [3.05, 3.63) is 97.3 Å². The number of para-hydroxylation sites is 2. The second kappa shape index (κ2) is 7.24. The van der Waals surface area contributed by atoms with Crippen LogP contribution < -0.4 is 10.6 Å². The van der Waals surface area contributed by atoms with Crippen LogP contribution in [0.3, 0.4) is 0 Å². The van der Waals surface area contributed by atoms with Gasteiger partial charge < -0.3 is 9.67 Å². The Hall–Kier alpha value is -2.52. The predicted molar refractivity (Wildman–Crippen MR) is 118 cm³/mol. The minimum atomic E-state index is -2.57. The molecule has 0 saturated carbocycles. The topological polar surface area (TPSA) is 38.0 Å². The molecule has 1 atom stereocenters. The predicted octanol–water partition coefficient (Wildman–Crippen LogP) is 4.26. The molecule has 1 aromatic heterocycles. The highest BCUT2D eigenvalue weighted by Crippen LogP contribution is 2.56. The summed E-state index contributed by atoms with van der Waals surface area (Å²) in [5.74, 6) is -0.398. The molecular formula is C22H19N2OPS. The normalized spacial score (nSPS) is 12.8. The molecule has 0 spiro atoms. The molecule has 0 radical (unpaired) electrons. The van der Waals surface area contributed by atoms with Crippen LogP contribution in [0.5, 0.6) is 0 Å². The fraction of sp³-hybridized carbons (Fsp3) is 0.0455. The fourth-order valence-corrected chi connectivity index (χ4v) is 6.94. The van der Waals surface area contributed by atoms with Gasteiger partial charge in [0.1, 0.15) is 11.7 Å². The Morgan fingerprint density at radius 2 is 1.41 bits per heavy atom. The van der Waals surface area contributed by atoms with Crippen LogP contribution in [-0.4, -0.2) is 14.7 Å². The summed E-state index contributed by atoms with van der Waals surface area (Å²) in [4.78, 5) is 4.70. The number of nitrogens with zero attached hydrogens (tertiary/aromatic N) is 2. The molecule has 1 N–H and O–H groups in total. The highest BCUT2D eigenvalue weighted by molar-refractivity contribution is 8.21. The molecule has 5 heteroatoms. The molecule has 4 aromatic rings. The van der Waals surface area contributed by atoms with Crippen molar-refractivity contribution in [2.75, 3.05) is 0 Å². The van der Waals surface area contributed by atoms with Gasteiger partial charge in [0.15, 0.2) is 0 Å². The van der Waals surface area contributed by atoms with Crippen LogP contribution in [0, 0.1) is 0 Å². The molecule has 0 aliphatic heterocycles. The maximum Gasteiger partial charge on any atom is 0.148 e. The van der Waals surface area contributed by atoms with Crippen LogP contribution in [0.1, 0.15) is 11.7 Å². The van der Waals surface area contributed by atoms with Gasteiger partial charge in [-0.2, -0.15) is 0 Å². The van der Waals surface area contributed by atoms with E-state index >= 15 is 0 Å². The summed E-state index contributed by atoms with van der Waals surface area (Å²) in [6.45, 7) is 3.91. The molecule has 0 bridgehead atoms. The minimum Gasteiger partial charge on any atom is -0.379 e. The van der Waals surface area contributed by atoms with E-state index in [1.54, 1.807) is 6.20 Å². The minimum absolute atomic E-state index is 0.530. The van der Waals surface area contributed by atoms with Crippen molar-refractivity contribution in [2.45, 2.75) is 5.85 Å². The van der Waals surface area contributed by atoms with E-state index in [-0.39, 0.29) is 0 Å². The van der Waals surface area contributed by atoms with E-state index < -0.39 is 11.9 Å². The Labute approximate surface area is 163 Å². The quantitative estimate of drug-likeness (QED) is 0.518. The smallest absolute Gasteiger partial charge is 0.148 e. The van der Waals surface area contributed by atoms with Gasteiger partial charge >= 0.3 is 0 Å². The first-order valence-electron chi connectivity index (χ1n) is 8.64. The van der Waals surface area contributed by atoms with E-state index in [0.29, 0.717) is 5.82 Å². The van der Waals surface area contributed by atoms with Gasteiger partial charge in [-0.3, -0.25) is 0 Å². The molecule has 0 aliphatic carbocycles. The van der Waals surface area contributed by atoms with Crippen molar-refractivity contribution in [3.63, 3.8) is 0 Å². The molecule has 27 heavy (non-hydrogen) atoms. The van der Waals surface area contributed by atoms with Gasteiger partial charge in [0.05, 0.1) is 11.0 Å². The average Bonchev–Trinajstić information content (AvgIpc) is 3.12.